The Morgan fingerprint density at radius 2 is 0.930 bits per heavy atom. The molecule has 13 nitrogen and oxygen atoms in total. The third-order valence-corrected chi connectivity index (χ3v) is 10.5. The van der Waals surface area contributed by atoms with Gasteiger partial charge >= 0.3 is 27.6 Å². The number of hydrogen-bond donors (Lipinski definition) is 4. The molecule has 334 valence electrons. The number of allylic oxidation sites excluding steroid dienone is 6. The first-order valence-corrected chi connectivity index (χ1v) is 24.7. The van der Waals surface area contributed by atoms with E-state index in [0.717, 1.165) is 38.5 Å². The molecule has 0 aromatic heterocycles. The molecule has 3 atom stereocenters. The second-order valence-corrected chi connectivity index (χ2v) is 17.3. The van der Waals surface area contributed by atoms with Gasteiger partial charge in [0.15, 0.2) is 6.10 Å². The standard InChI is InChI=1S/C42H78O13P2/c1-3-5-7-9-11-13-15-17-18-19-20-22-24-26-28-30-32-34-42(45)55-40(38-54-57(49,50)53-36-39(43)35-52-56(46,47)48)37-51-41(44)33-31-29-27-25-23-21-16-14-12-10-8-6-4-2/h17-18,20,22,26,28,39-40,43H,3-16,19,21,23-25,27,29-38H2,1-2H3,(H,49,50)(H2,46,47,48). The molecule has 15 heteroatoms. The number of aliphatic hydroxyl groups excluding tert-OH is 1. The minimum Gasteiger partial charge on any atom is -0.462 e. The van der Waals surface area contributed by atoms with Gasteiger partial charge in [-0.25, -0.2) is 9.13 Å². The Bertz CT molecular complexity index is 1150. The summed E-state index contributed by atoms with van der Waals surface area (Å²) in [5.74, 6) is -1.09. The van der Waals surface area contributed by atoms with Gasteiger partial charge in [0.1, 0.15) is 12.7 Å². The number of carbonyl (C=O) groups is 2. The first kappa shape index (κ1) is 55.3. The molecule has 0 aliphatic rings. The van der Waals surface area contributed by atoms with Crippen LogP contribution in [0.25, 0.3) is 0 Å². The highest BCUT2D eigenvalue weighted by Crippen LogP contribution is 2.43. The minimum absolute atomic E-state index is 0.0615. The zero-order valence-electron chi connectivity index (χ0n) is 35.2. The SMILES string of the molecule is CCCCCCCCC=CCC=CCC=CCCCC(=O)OC(COC(=O)CCCCCCCCCCCCCCC)COP(=O)(O)OCC(O)COP(=O)(O)O. The molecule has 0 aliphatic heterocycles. The van der Waals surface area contributed by atoms with Crippen molar-refractivity contribution >= 4 is 27.6 Å². The summed E-state index contributed by atoms with van der Waals surface area (Å²) in [6, 6.07) is 0. The lowest BCUT2D eigenvalue weighted by molar-refractivity contribution is -0.161. The lowest BCUT2D eigenvalue weighted by atomic mass is 10.0. The smallest absolute Gasteiger partial charge is 0.462 e. The van der Waals surface area contributed by atoms with Gasteiger partial charge in [0.25, 0.3) is 0 Å². The number of phosphoric acid groups is 2. The minimum atomic E-state index is -4.86. The maximum absolute atomic E-state index is 12.6. The Hall–Kier alpha value is -1.66. The van der Waals surface area contributed by atoms with E-state index in [-0.39, 0.29) is 12.8 Å². The van der Waals surface area contributed by atoms with Gasteiger partial charge in [0.05, 0.1) is 19.8 Å². The van der Waals surface area contributed by atoms with E-state index in [9.17, 15) is 28.7 Å². The van der Waals surface area contributed by atoms with Crippen LogP contribution in [0.3, 0.4) is 0 Å². The number of aliphatic hydroxyl groups is 1. The molecular weight excluding hydrogens is 774 g/mol. The molecule has 0 spiro atoms. The van der Waals surface area contributed by atoms with Crippen LogP contribution < -0.4 is 0 Å². The monoisotopic (exact) mass is 852 g/mol. The summed E-state index contributed by atoms with van der Waals surface area (Å²) in [5.41, 5.74) is 0. The summed E-state index contributed by atoms with van der Waals surface area (Å²) in [5, 5.41) is 9.73. The van der Waals surface area contributed by atoms with Crippen molar-refractivity contribution in [3.05, 3.63) is 36.5 Å². The highest BCUT2D eigenvalue weighted by atomic mass is 31.2. The van der Waals surface area contributed by atoms with Crippen LogP contribution in [0.1, 0.15) is 181 Å². The van der Waals surface area contributed by atoms with Gasteiger partial charge < -0.3 is 29.3 Å². The first-order valence-electron chi connectivity index (χ1n) is 21.7. The van der Waals surface area contributed by atoms with E-state index in [1.807, 2.05) is 12.2 Å². The summed E-state index contributed by atoms with van der Waals surface area (Å²) in [7, 11) is -9.68. The van der Waals surface area contributed by atoms with Gasteiger partial charge in [-0.05, 0) is 44.9 Å². The second kappa shape index (κ2) is 38.5. The van der Waals surface area contributed by atoms with Crippen molar-refractivity contribution in [1.82, 2.24) is 0 Å². The van der Waals surface area contributed by atoms with Crippen LogP contribution in [-0.2, 0) is 41.8 Å². The van der Waals surface area contributed by atoms with E-state index in [2.05, 4.69) is 47.2 Å². The van der Waals surface area contributed by atoms with Crippen molar-refractivity contribution in [3.63, 3.8) is 0 Å². The lowest BCUT2D eigenvalue weighted by Gasteiger charge is -2.20. The van der Waals surface area contributed by atoms with E-state index in [1.165, 1.54) is 96.3 Å². The van der Waals surface area contributed by atoms with Gasteiger partial charge in [0.2, 0.25) is 0 Å². The van der Waals surface area contributed by atoms with Crippen molar-refractivity contribution in [3.8, 4) is 0 Å². The Morgan fingerprint density at radius 1 is 0.509 bits per heavy atom. The molecule has 0 rings (SSSR count). The summed E-state index contributed by atoms with van der Waals surface area (Å²) in [4.78, 5) is 52.6. The number of carbonyl (C=O) groups excluding carboxylic acids is 2. The number of unbranched alkanes of at least 4 members (excludes halogenated alkanes) is 19. The van der Waals surface area contributed by atoms with Crippen LogP contribution >= 0.6 is 15.6 Å². The maximum atomic E-state index is 12.6. The highest BCUT2D eigenvalue weighted by Gasteiger charge is 2.28. The molecule has 0 heterocycles. The molecule has 0 saturated carbocycles. The molecular formula is C42H78O13P2. The summed E-state index contributed by atoms with van der Waals surface area (Å²) in [6.45, 7) is 1.71. The van der Waals surface area contributed by atoms with Crippen molar-refractivity contribution in [1.29, 1.82) is 0 Å². The maximum Gasteiger partial charge on any atom is 0.472 e. The fourth-order valence-electron chi connectivity index (χ4n) is 5.72. The van der Waals surface area contributed by atoms with Crippen LogP contribution in [0.4, 0.5) is 0 Å². The normalized spacial score (nSPS) is 14.4. The molecule has 0 aromatic rings. The van der Waals surface area contributed by atoms with Gasteiger partial charge in [-0.15, -0.1) is 0 Å². The van der Waals surface area contributed by atoms with Crippen molar-refractivity contribution in [2.45, 2.75) is 193 Å². The summed E-state index contributed by atoms with van der Waals surface area (Å²) in [6.07, 6.45) is 37.2. The molecule has 0 aliphatic carbocycles. The van der Waals surface area contributed by atoms with Gasteiger partial charge in [-0.1, -0.05) is 159 Å². The van der Waals surface area contributed by atoms with Crippen LogP contribution in [0.15, 0.2) is 36.5 Å². The van der Waals surface area contributed by atoms with Crippen LogP contribution in [0.5, 0.6) is 0 Å². The van der Waals surface area contributed by atoms with Gasteiger partial charge in [-0.3, -0.25) is 23.2 Å². The fourth-order valence-corrected chi connectivity index (χ4v) is 6.87. The molecule has 0 bridgehead atoms. The number of ether oxygens (including phenoxy) is 2. The van der Waals surface area contributed by atoms with Crippen molar-refractivity contribution < 1.29 is 61.6 Å². The van der Waals surface area contributed by atoms with Crippen LogP contribution in [-0.4, -0.2) is 70.4 Å². The predicted octanol–water partition coefficient (Wildman–Crippen LogP) is 10.9. The first-order chi connectivity index (χ1) is 27.4. The molecule has 0 radical (unpaired) electrons. The largest absolute Gasteiger partial charge is 0.472 e. The molecule has 0 aromatic carbocycles. The highest BCUT2D eigenvalue weighted by molar-refractivity contribution is 7.47. The average Bonchev–Trinajstić information content (AvgIpc) is 3.17. The number of rotatable bonds is 41. The lowest BCUT2D eigenvalue weighted by Crippen LogP contribution is -2.29. The zero-order chi connectivity index (χ0) is 42.3. The number of esters is 2. The molecule has 57 heavy (non-hydrogen) atoms. The quantitative estimate of drug-likeness (QED) is 0.0196. The van der Waals surface area contributed by atoms with E-state index in [0.29, 0.717) is 19.3 Å². The van der Waals surface area contributed by atoms with Crippen LogP contribution in [0, 0.1) is 0 Å². The van der Waals surface area contributed by atoms with Gasteiger partial charge in [-0.2, -0.15) is 0 Å². The van der Waals surface area contributed by atoms with Crippen molar-refractivity contribution in [2.24, 2.45) is 0 Å². The molecule has 4 N–H and O–H groups in total. The van der Waals surface area contributed by atoms with E-state index < -0.39 is 66.2 Å². The Morgan fingerprint density at radius 3 is 1.46 bits per heavy atom. The van der Waals surface area contributed by atoms with E-state index in [4.69, 9.17) is 23.8 Å². The fraction of sp³-hybridized carbons (Fsp3) is 0.810. The molecule has 0 fully saturated rings. The number of hydrogen-bond acceptors (Lipinski definition) is 10. The Balaban J connectivity index is 4.60. The molecule has 0 saturated heterocycles. The summed E-state index contributed by atoms with van der Waals surface area (Å²) >= 11 is 0. The third-order valence-electron chi connectivity index (χ3n) is 9.02. The zero-order valence-corrected chi connectivity index (χ0v) is 37.0. The summed E-state index contributed by atoms with van der Waals surface area (Å²) < 4.78 is 47.7. The van der Waals surface area contributed by atoms with E-state index >= 15 is 0 Å². The second-order valence-electron chi connectivity index (χ2n) is 14.6. The Labute approximate surface area is 344 Å². The average molecular weight is 853 g/mol. The topological polar surface area (TPSA) is 195 Å². The Kier molecular flexibility index (Phi) is 37.4. The van der Waals surface area contributed by atoms with Crippen molar-refractivity contribution in [2.75, 3.05) is 26.4 Å². The molecule has 3 unspecified atom stereocenters. The van der Waals surface area contributed by atoms with E-state index in [1.54, 1.807) is 0 Å². The van der Waals surface area contributed by atoms with Crippen LogP contribution in [0.2, 0.25) is 0 Å². The number of phosphoric ester groups is 2. The van der Waals surface area contributed by atoms with Gasteiger partial charge in [0, 0.05) is 12.8 Å². The predicted molar refractivity (Wildman–Crippen MR) is 225 cm³/mol. The molecule has 0 amide bonds. The third kappa shape index (κ3) is 42.3.